The van der Waals surface area contributed by atoms with Gasteiger partial charge in [0.1, 0.15) is 0 Å². The summed E-state index contributed by atoms with van der Waals surface area (Å²) in [5, 5.41) is 8.28. The number of diazo groups is 1. The smallest absolute Gasteiger partial charge is 0.166 e. The Kier molecular flexibility index (Phi) is 2.57. The summed E-state index contributed by atoms with van der Waals surface area (Å²) < 4.78 is 37.0. The zero-order chi connectivity index (χ0) is 10.1. The summed E-state index contributed by atoms with van der Waals surface area (Å²) >= 11 is 2.89. The van der Waals surface area contributed by atoms with Gasteiger partial charge in [-0.25, -0.2) is 0 Å². The van der Waals surface area contributed by atoms with Gasteiger partial charge in [0.05, 0.1) is 0 Å². The lowest BCUT2D eigenvalue weighted by Crippen LogP contribution is -2.04. The van der Waals surface area contributed by atoms with Gasteiger partial charge in [0.15, 0.2) is 10.5 Å². The van der Waals surface area contributed by atoms with Gasteiger partial charge in [-0.05, 0) is 12.1 Å². The predicted molar refractivity (Wildman–Crippen MR) is 43.9 cm³/mol. The standard InChI is InChI=1S/C7H3BrF3N2/c8-4-1-2-6(13-12)5(3-4)7(9,10)11/h1-3H/q+1. The van der Waals surface area contributed by atoms with Crippen molar-refractivity contribution in [1.29, 1.82) is 5.39 Å². The maximum Gasteiger partial charge on any atom is 0.424 e. The molecule has 0 amide bonds. The summed E-state index contributed by atoms with van der Waals surface area (Å²) in [6.07, 6.45) is -4.51. The third-order valence-electron chi connectivity index (χ3n) is 1.37. The molecule has 2 nitrogen and oxygen atoms in total. The van der Waals surface area contributed by atoms with Crippen molar-refractivity contribution in [3.63, 3.8) is 0 Å². The monoisotopic (exact) mass is 251 g/mol. The van der Waals surface area contributed by atoms with Crippen LogP contribution in [0, 0.1) is 5.39 Å². The molecule has 0 atom stereocenters. The van der Waals surface area contributed by atoms with E-state index in [1.165, 1.54) is 6.07 Å². The Hall–Kier alpha value is -1.09. The molecule has 0 aliphatic heterocycles. The van der Waals surface area contributed by atoms with E-state index in [0.29, 0.717) is 0 Å². The number of nitrogens with zero attached hydrogens (tertiary/aromatic N) is 2. The minimum Gasteiger partial charge on any atom is -0.166 e. The molecule has 1 aromatic carbocycles. The van der Waals surface area contributed by atoms with Crippen molar-refractivity contribution in [1.82, 2.24) is 0 Å². The number of halogens is 4. The van der Waals surface area contributed by atoms with Crippen molar-refractivity contribution in [2.24, 2.45) is 0 Å². The Morgan fingerprint density at radius 1 is 1.31 bits per heavy atom. The molecule has 0 heterocycles. The van der Waals surface area contributed by atoms with Gasteiger partial charge >= 0.3 is 11.9 Å². The van der Waals surface area contributed by atoms with Crippen molar-refractivity contribution in [3.05, 3.63) is 33.2 Å². The first-order valence-electron chi connectivity index (χ1n) is 3.17. The summed E-state index contributed by atoms with van der Waals surface area (Å²) in [5.41, 5.74) is -1.46. The van der Waals surface area contributed by atoms with E-state index in [0.717, 1.165) is 12.1 Å². The second-order valence-corrected chi connectivity index (χ2v) is 3.17. The SMILES string of the molecule is N#[N+]c1ccc(Br)cc1C(F)(F)F. The Morgan fingerprint density at radius 3 is 2.38 bits per heavy atom. The first kappa shape index (κ1) is 9.99. The number of hydrogen-bond donors (Lipinski definition) is 0. The van der Waals surface area contributed by atoms with E-state index in [9.17, 15) is 13.2 Å². The van der Waals surface area contributed by atoms with Crippen LogP contribution in [0.15, 0.2) is 22.7 Å². The van der Waals surface area contributed by atoms with Crippen LogP contribution in [0.5, 0.6) is 0 Å². The van der Waals surface area contributed by atoms with E-state index in [1.807, 2.05) is 0 Å². The van der Waals surface area contributed by atoms with Crippen molar-refractivity contribution >= 4 is 21.6 Å². The number of hydrogen-bond acceptors (Lipinski definition) is 1. The van der Waals surface area contributed by atoms with Gasteiger partial charge < -0.3 is 0 Å². The minimum atomic E-state index is -4.51. The fourth-order valence-corrected chi connectivity index (χ4v) is 1.18. The second kappa shape index (κ2) is 3.34. The van der Waals surface area contributed by atoms with Gasteiger partial charge in [0, 0.05) is 10.5 Å². The van der Waals surface area contributed by atoms with Crippen LogP contribution in [0.25, 0.3) is 4.98 Å². The first-order chi connectivity index (χ1) is 5.95. The highest BCUT2D eigenvalue weighted by molar-refractivity contribution is 9.10. The third kappa shape index (κ3) is 2.18. The highest BCUT2D eigenvalue weighted by Gasteiger charge is 2.38. The number of benzene rings is 1. The fourth-order valence-electron chi connectivity index (χ4n) is 0.823. The maximum absolute atomic E-state index is 12.2. The van der Waals surface area contributed by atoms with Crippen molar-refractivity contribution in [2.45, 2.75) is 6.18 Å². The normalized spacial score (nSPS) is 11.0. The average molecular weight is 252 g/mol. The van der Waals surface area contributed by atoms with Crippen molar-refractivity contribution in [2.75, 3.05) is 0 Å². The van der Waals surface area contributed by atoms with Crippen molar-refractivity contribution in [3.8, 4) is 0 Å². The van der Waals surface area contributed by atoms with E-state index >= 15 is 0 Å². The van der Waals surface area contributed by atoms with Gasteiger partial charge in [0.25, 0.3) is 0 Å². The van der Waals surface area contributed by atoms with Crippen LogP contribution < -0.4 is 0 Å². The molecule has 0 saturated carbocycles. The molecule has 0 aliphatic rings. The summed E-state index contributed by atoms with van der Waals surface area (Å²) in [7, 11) is 0. The number of rotatable bonds is 0. The van der Waals surface area contributed by atoms with Crippen LogP contribution in [0.3, 0.4) is 0 Å². The van der Waals surface area contributed by atoms with Crippen molar-refractivity contribution < 1.29 is 13.2 Å². The molecular formula is C7H3BrF3N2+. The van der Waals surface area contributed by atoms with E-state index in [2.05, 4.69) is 20.9 Å². The molecule has 68 valence electrons. The van der Waals surface area contributed by atoms with Crippen LogP contribution in [0.1, 0.15) is 5.56 Å². The molecule has 0 spiro atoms. The van der Waals surface area contributed by atoms with Crippen LogP contribution in [0.2, 0.25) is 0 Å². The summed E-state index contributed by atoms with van der Waals surface area (Å²) in [6, 6.07) is 3.30. The molecule has 0 fully saturated rings. The first-order valence-corrected chi connectivity index (χ1v) is 3.96. The summed E-state index contributed by atoms with van der Waals surface area (Å²) in [5.74, 6) is 0. The molecule has 0 unspecified atom stereocenters. The summed E-state index contributed by atoms with van der Waals surface area (Å²) in [6.45, 7) is 0. The molecule has 0 aromatic heterocycles. The Bertz CT molecular complexity index is 367. The van der Waals surface area contributed by atoms with Gasteiger partial charge in [-0.15, -0.1) is 0 Å². The fraction of sp³-hybridized carbons (Fsp3) is 0.143. The molecular weight excluding hydrogens is 249 g/mol. The zero-order valence-electron chi connectivity index (χ0n) is 6.14. The van der Waals surface area contributed by atoms with E-state index in [-0.39, 0.29) is 4.47 Å². The van der Waals surface area contributed by atoms with Gasteiger partial charge in [-0.3, -0.25) is 0 Å². The van der Waals surface area contributed by atoms with E-state index < -0.39 is 17.4 Å². The third-order valence-corrected chi connectivity index (χ3v) is 1.86. The largest absolute Gasteiger partial charge is 0.424 e. The molecule has 0 bridgehead atoms. The highest BCUT2D eigenvalue weighted by Crippen LogP contribution is 2.37. The molecule has 6 heteroatoms. The molecule has 13 heavy (non-hydrogen) atoms. The quantitative estimate of drug-likeness (QED) is 0.642. The molecule has 0 saturated heterocycles. The van der Waals surface area contributed by atoms with Gasteiger partial charge in [-0.2, -0.15) is 13.2 Å². The zero-order valence-corrected chi connectivity index (χ0v) is 7.72. The minimum absolute atomic E-state index is 0.284. The van der Waals surface area contributed by atoms with Crippen LogP contribution in [-0.4, -0.2) is 0 Å². The molecule has 0 N–H and O–H groups in total. The Morgan fingerprint density at radius 2 is 1.92 bits per heavy atom. The predicted octanol–water partition coefficient (Wildman–Crippen LogP) is 3.95. The second-order valence-electron chi connectivity index (χ2n) is 2.26. The summed E-state index contributed by atoms with van der Waals surface area (Å²) in [4.78, 5) is 2.54. The van der Waals surface area contributed by atoms with Crippen LogP contribution in [0.4, 0.5) is 18.9 Å². The topological polar surface area (TPSA) is 28.1 Å². The highest BCUT2D eigenvalue weighted by atomic mass is 79.9. The lowest BCUT2D eigenvalue weighted by Gasteiger charge is -2.02. The number of alkyl halides is 3. The van der Waals surface area contributed by atoms with E-state index in [4.69, 9.17) is 5.39 Å². The molecule has 1 rings (SSSR count). The van der Waals surface area contributed by atoms with Gasteiger partial charge in [-0.1, -0.05) is 15.9 Å². The van der Waals surface area contributed by atoms with Crippen LogP contribution >= 0.6 is 15.9 Å². The Balaban J connectivity index is 3.35. The Labute approximate surface area is 80.1 Å². The lowest BCUT2D eigenvalue weighted by molar-refractivity contribution is -0.136. The molecule has 1 aromatic rings. The lowest BCUT2D eigenvalue weighted by atomic mass is 10.2. The molecule has 0 radical (unpaired) electrons. The van der Waals surface area contributed by atoms with Gasteiger partial charge in [0.2, 0.25) is 5.39 Å². The van der Waals surface area contributed by atoms with E-state index in [1.54, 1.807) is 0 Å². The van der Waals surface area contributed by atoms with Crippen LogP contribution in [-0.2, 0) is 6.18 Å². The maximum atomic E-state index is 12.2. The molecule has 0 aliphatic carbocycles. The average Bonchev–Trinajstić information content (AvgIpc) is 2.03.